The van der Waals surface area contributed by atoms with E-state index in [9.17, 15) is 0 Å². The van der Waals surface area contributed by atoms with Gasteiger partial charge < -0.3 is 4.90 Å². The Kier molecular flexibility index (Phi) is 5.06. The highest BCUT2D eigenvalue weighted by molar-refractivity contribution is 7.09. The zero-order valence-corrected chi connectivity index (χ0v) is 15.5. The summed E-state index contributed by atoms with van der Waals surface area (Å²) < 4.78 is 0. The molecule has 2 aromatic heterocycles. The maximum atomic E-state index is 4.64. The number of pyridine rings is 1. The van der Waals surface area contributed by atoms with Gasteiger partial charge in [0.15, 0.2) is 0 Å². The van der Waals surface area contributed by atoms with Gasteiger partial charge in [0, 0.05) is 55.4 Å². The Labute approximate surface area is 153 Å². The number of hydrogen-bond donors (Lipinski definition) is 0. The zero-order valence-electron chi connectivity index (χ0n) is 14.6. The lowest BCUT2D eigenvalue weighted by Crippen LogP contribution is -2.30. The van der Waals surface area contributed by atoms with E-state index in [1.165, 1.54) is 15.8 Å². The molecule has 3 heterocycles. The fraction of sp³-hybridized carbons (Fsp3) is 0.400. The molecule has 0 spiro atoms. The van der Waals surface area contributed by atoms with Gasteiger partial charge in [-0.05, 0) is 31.0 Å². The molecule has 1 saturated heterocycles. The van der Waals surface area contributed by atoms with Crippen molar-refractivity contribution in [2.45, 2.75) is 13.0 Å². The summed E-state index contributed by atoms with van der Waals surface area (Å²) in [5.74, 6) is 0.619. The molecule has 5 heteroatoms. The number of rotatable bonds is 4. The van der Waals surface area contributed by atoms with Crippen LogP contribution in [0.3, 0.4) is 0 Å². The van der Waals surface area contributed by atoms with Crippen LogP contribution < -0.4 is 0 Å². The lowest BCUT2D eigenvalue weighted by Gasteiger charge is -2.23. The quantitative estimate of drug-likeness (QED) is 0.721. The Morgan fingerprint density at radius 3 is 2.96 bits per heavy atom. The summed E-state index contributed by atoms with van der Waals surface area (Å²) in [4.78, 5) is 15.3. The van der Waals surface area contributed by atoms with Gasteiger partial charge in [0.25, 0.3) is 0 Å². The van der Waals surface area contributed by atoms with Crippen LogP contribution in [0.4, 0.5) is 0 Å². The Morgan fingerprint density at radius 2 is 2.08 bits per heavy atom. The number of likely N-dealkylation sites (N-methyl/N-ethyl adjacent to an activating group) is 1. The molecule has 4 nitrogen and oxygen atoms in total. The lowest BCUT2D eigenvalue weighted by molar-refractivity contribution is 0.251. The van der Waals surface area contributed by atoms with Crippen LogP contribution in [0.5, 0.6) is 0 Å². The van der Waals surface area contributed by atoms with Crippen LogP contribution in [-0.4, -0.2) is 53.0 Å². The molecule has 130 valence electrons. The van der Waals surface area contributed by atoms with E-state index >= 15 is 0 Å². The minimum absolute atomic E-state index is 0.619. The minimum Gasteiger partial charge on any atom is -0.305 e. The van der Waals surface area contributed by atoms with Crippen molar-refractivity contribution in [3.8, 4) is 0 Å². The van der Waals surface area contributed by atoms with Gasteiger partial charge in [0.1, 0.15) is 0 Å². The van der Waals surface area contributed by atoms with Crippen molar-refractivity contribution in [1.29, 1.82) is 0 Å². The van der Waals surface area contributed by atoms with Crippen molar-refractivity contribution in [2.75, 3.05) is 33.2 Å². The topological polar surface area (TPSA) is 32.3 Å². The molecule has 1 fully saturated rings. The molecule has 0 aliphatic carbocycles. The highest BCUT2D eigenvalue weighted by Gasteiger charge is 2.22. The van der Waals surface area contributed by atoms with Crippen molar-refractivity contribution in [1.82, 2.24) is 19.8 Å². The van der Waals surface area contributed by atoms with Crippen molar-refractivity contribution in [3.63, 3.8) is 0 Å². The van der Waals surface area contributed by atoms with E-state index in [0.29, 0.717) is 5.92 Å². The number of benzene rings is 1. The van der Waals surface area contributed by atoms with Crippen LogP contribution in [-0.2, 0) is 13.0 Å². The molecular formula is C20H24N4S. The number of hydrogen-bond acceptors (Lipinski definition) is 5. The SMILES string of the molecule is CN1CCN(Cc2cncs2)CC(Cc2cccc3cccnc23)C1. The van der Waals surface area contributed by atoms with E-state index in [4.69, 9.17) is 0 Å². The van der Waals surface area contributed by atoms with E-state index in [-0.39, 0.29) is 0 Å². The first-order valence-corrected chi connectivity index (χ1v) is 9.77. The molecule has 4 rings (SSSR count). The van der Waals surface area contributed by atoms with Crippen molar-refractivity contribution >= 4 is 22.2 Å². The first-order chi connectivity index (χ1) is 12.3. The maximum Gasteiger partial charge on any atom is 0.0794 e. The first kappa shape index (κ1) is 16.6. The van der Waals surface area contributed by atoms with Gasteiger partial charge in [-0.1, -0.05) is 24.3 Å². The summed E-state index contributed by atoms with van der Waals surface area (Å²) in [5, 5.41) is 1.24. The highest BCUT2D eigenvalue weighted by atomic mass is 32.1. The second kappa shape index (κ2) is 7.60. The van der Waals surface area contributed by atoms with Gasteiger partial charge >= 0.3 is 0 Å². The van der Waals surface area contributed by atoms with E-state index in [2.05, 4.69) is 51.1 Å². The highest BCUT2D eigenvalue weighted by Crippen LogP contribution is 2.22. The van der Waals surface area contributed by atoms with Crippen LogP contribution >= 0.6 is 11.3 Å². The number of para-hydroxylation sites is 1. The average molecular weight is 353 g/mol. The van der Waals surface area contributed by atoms with Crippen molar-refractivity contribution < 1.29 is 0 Å². The van der Waals surface area contributed by atoms with Crippen LogP contribution in [0, 0.1) is 5.92 Å². The number of nitrogens with zero attached hydrogens (tertiary/aromatic N) is 4. The minimum atomic E-state index is 0.619. The second-order valence-electron chi connectivity index (χ2n) is 7.03. The van der Waals surface area contributed by atoms with Gasteiger partial charge in [-0.25, -0.2) is 0 Å². The number of fused-ring (bicyclic) bond motifs is 1. The molecular weight excluding hydrogens is 328 g/mol. The Bertz CT molecular complexity index is 812. The summed E-state index contributed by atoms with van der Waals surface area (Å²) in [6, 6.07) is 10.7. The van der Waals surface area contributed by atoms with Gasteiger partial charge in [0.2, 0.25) is 0 Å². The standard InChI is InChI=1S/C20H24N4S/c1-23-8-9-24(14-19-11-21-15-25-19)13-16(12-23)10-18-5-2-4-17-6-3-7-22-20(17)18/h2-7,11,15-16H,8-10,12-14H2,1H3. The first-order valence-electron chi connectivity index (χ1n) is 8.89. The molecule has 0 amide bonds. The fourth-order valence-corrected chi connectivity index (χ4v) is 4.45. The molecule has 1 aromatic carbocycles. The lowest BCUT2D eigenvalue weighted by atomic mass is 9.96. The van der Waals surface area contributed by atoms with Crippen LogP contribution in [0.25, 0.3) is 10.9 Å². The number of aromatic nitrogens is 2. The van der Waals surface area contributed by atoms with E-state index in [1.807, 2.05) is 24.0 Å². The van der Waals surface area contributed by atoms with Crippen LogP contribution in [0.1, 0.15) is 10.4 Å². The van der Waals surface area contributed by atoms with Gasteiger partial charge in [0.05, 0.1) is 11.0 Å². The third-order valence-electron chi connectivity index (χ3n) is 4.97. The molecule has 0 bridgehead atoms. The molecule has 1 aliphatic heterocycles. The van der Waals surface area contributed by atoms with E-state index < -0.39 is 0 Å². The maximum absolute atomic E-state index is 4.64. The van der Waals surface area contributed by atoms with Gasteiger partial charge in [-0.3, -0.25) is 14.9 Å². The smallest absolute Gasteiger partial charge is 0.0794 e. The Hall–Kier alpha value is -1.82. The molecule has 3 aromatic rings. The predicted molar refractivity (Wildman–Crippen MR) is 104 cm³/mol. The third-order valence-corrected chi connectivity index (χ3v) is 5.74. The van der Waals surface area contributed by atoms with Crippen LogP contribution in [0.2, 0.25) is 0 Å². The van der Waals surface area contributed by atoms with Crippen LogP contribution in [0.15, 0.2) is 48.2 Å². The summed E-state index contributed by atoms with van der Waals surface area (Å²) in [7, 11) is 2.24. The van der Waals surface area contributed by atoms with Crippen molar-refractivity contribution in [2.24, 2.45) is 5.92 Å². The van der Waals surface area contributed by atoms with E-state index in [0.717, 1.165) is 44.7 Å². The van der Waals surface area contributed by atoms with Gasteiger partial charge in [-0.15, -0.1) is 11.3 Å². The van der Waals surface area contributed by atoms with Gasteiger partial charge in [-0.2, -0.15) is 0 Å². The summed E-state index contributed by atoms with van der Waals surface area (Å²) in [6.07, 6.45) is 4.99. The summed E-state index contributed by atoms with van der Waals surface area (Å²) in [5.41, 5.74) is 4.46. The molecule has 0 radical (unpaired) electrons. The Balaban J connectivity index is 1.53. The Morgan fingerprint density at radius 1 is 1.16 bits per heavy atom. The van der Waals surface area contributed by atoms with Crippen molar-refractivity contribution in [3.05, 3.63) is 58.7 Å². The molecule has 1 aliphatic rings. The van der Waals surface area contributed by atoms with E-state index in [1.54, 1.807) is 11.3 Å². The second-order valence-corrected chi connectivity index (χ2v) is 8.00. The average Bonchev–Trinajstić information content (AvgIpc) is 3.06. The molecule has 1 unspecified atom stereocenters. The number of thiazole rings is 1. The monoisotopic (exact) mass is 352 g/mol. The molecule has 0 N–H and O–H groups in total. The molecule has 1 atom stereocenters. The largest absolute Gasteiger partial charge is 0.305 e. The normalized spacial score (nSPS) is 20.0. The molecule has 0 saturated carbocycles. The predicted octanol–water partition coefficient (Wildman–Crippen LogP) is 3.30. The molecule has 25 heavy (non-hydrogen) atoms. The fourth-order valence-electron chi connectivity index (χ4n) is 3.81. The third kappa shape index (κ3) is 4.06. The zero-order chi connectivity index (χ0) is 17.1. The summed E-state index contributed by atoms with van der Waals surface area (Å²) >= 11 is 1.75. The summed E-state index contributed by atoms with van der Waals surface area (Å²) in [6.45, 7) is 5.54.